The zero-order valence-electron chi connectivity index (χ0n) is 21.0. The number of likely N-dealkylation sites (tertiary alicyclic amines) is 1. The zero-order chi connectivity index (χ0) is 26.3. The number of carbonyl (C=O) groups is 2. The predicted molar refractivity (Wildman–Crippen MR) is 140 cm³/mol. The van der Waals surface area contributed by atoms with Crippen molar-refractivity contribution in [1.82, 2.24) is 24.6 Å². The number of ether oxygens (including phenoxy) is 1. The first-order valence-corrected chi connectivity index (χ1v) is 12.4. The van der Waals surface area contributed by atoms with E-state index < -0.39 is 11.5 Å². The number of anilines is 2. The number of fused-ring (bicyclic) bond motifs is 2. The maximum Gasteiger partial charge on any atom is 0.410 e. The minimum Gasteiger partial charge on any atom is -0.444 e. The van der Waals surface area contributed by atoms with Gasteiger partial charge in [-0.1, -0.05) is 11.6 Å². The fourth-order valence-corrected chi connectivity index (χ4v) is 4.64. The van der Waals surface area contributed by atoms with E-state index >= 15 is 0 Å². The Balaban J connectivity index is 1.48. The summed E-state index contributed by atoms with van der Waals surface area (Å²) < 4.78 is 13.0. The van der Waals surface area contributed by atoms with E-state index in [1.165, 1.54) is 0 Å². The van der Waals surface area contributed by atoms with E-state index in [9.17, 15) is 9.59 Å². The quantitative estimate of drug-likeness (QED) is 0.377. The molecule has 194 valence electrons. The summed E-state index contributed by atoms with van der Waals surface area (Å²) in [5.41, 5.74) is 1.33. The van der Waals surface area contributed by atoms with E-state index in [4.69, 9.17) is 25.9 Å². The summed E-state index contributed by atoms with van der Waals surface area (Å²) in [7, 11) is 1.73. The molecule has 0 bridgehead atoms. The molecule has 0 unspecified atom stereocenters. The molecule has 3 aromatic heterocycles. The van der Waals surface area contributed by atoms with Gasteiger partial charge in [-0.25, -0.2) is 9.78 Å². The third-order valence-electron chi connectivity index (χ3n) is 6.04. The smallest absolute Gasteiger partial charge is 0.410 e. The summed E-state index contributed by atoms with van der Waals surface area (Å²) in [6.45, 7) is 6.54. The third-order valence-corrected chi connectivity index (χ3v) is 6.27. The monoisotopic (exact) mass is 525 g/mol. The molecule has 1 aliphatic rings. The first-order valence-electron chi connectivity index (χ1n) is 12.0. The highest BCUT2D eigenvalue weighted by atomic mass is 35.5. The minimum atomic E-state index is -0.586. The second-order valence-electron chi connectivity index (χ2n) is 9.90. The van der Waals surface area contributed by atoms with Crippen LogP contribution in [0.2, 0.25) is 5.02 Å². The largest absolute Gasteiger partial charge is 0.444 e. The molecule has 4 heterocycles. The molecule has 37 heavy (non-hydrogen) atoms. The number of nitrogens with zero attached hydrogens (tertiary/aromatic N) is 5. The summed E-state index contributed by atoms with van der Waals surface area (Å²) in [5.74, 6) is 0.0174. The number of halogens is 1. The number of pyridine rings is 1. The molecule has 1 aromatic carbocycles. The van der Waals surface area contributed by atoms with Gasteiger partial charge in [-0.3, -0.25) is 14.8 Å². The summed E-state index contributed by atoms with van der Waals surface area (Å²) in [4.78, 5) is 36.5. The lowest BCUT2D eigenvalue weighted by Gasteiger charge is -2.34. The Kier molecular flexibility index (Phi) is 6.40. The van der Waals surface area contributed by atoms with Gasteiger partial charge in [0.1, 0.15) is 16.9 Å². The molecule has 0 radical (unpaired) electrons. The molecular weight excluding hydrogens is 498 g/mol. The summed E-state index contributed by atoms with van der Waals surface area (Å²) >= 11 is 6.04. The van der Waals surface area contributed by atoms with Crippen LogP contribution in [0.15, 0.2) is 34.9 Å². The topological polar surface area (TPSA) is 127 Å². The van der Waals surface area contributed by atoms with E-state index in [1.54, 1.807) is 41.0 Å². The average molecular weight is 526 g/mol. The number of hydrogen-bond acceptors (Lipinski definition) is 8. The molecule has 11 nitrogen and oxygen atoms in total. The standard InChI is InChI=1S/C25H28ClN7O4/c1-25(2,3)37-24(35)32-11-5-6-15(13-32)33-17-9-10-28-21(27-4)19(17)20(31-33)22(34)30-23-29-16-12-14(26)7-8-18(16)36-23/h7-10,12,15H,5-6,11,13H2,1-4H3,(H,27,28)(H,29,30,34)/t15-/m1/s1. The molecule has 1 atom stereocenters. The van der Waals surface area contributed by atoms with Crippen molar-refractivity contribution in [2.24, 2.45) is 0 Å². The van der Waals surface area contributed by atoms with Crippen molar-refractivity contribution in [1.29, 1.82) is 0 Å². The molecule has 1 saturated heterocycles. The summed E-state index contributed by atoms with van der Waals surface area (Å²) in [6, 6.07) is 6.73. The molecule has 0 spiro atoms. The van der Waals surface area contributed by atoms with Gasteiger partial charge < -0.3 is 19.4 Å². The average Bonchev–Trinajstić information content (AvgIpc) is 3.43. The number of carbonyl (C=O) groups excluding carboxylic acids is 2. The number of amides is 2. The number of benzene rings is 1. The maximum atomic E-state index is 13.4. The Morgan fingerprint density at radius 2 is 2.05 bits per heavy atom. The molecule has 1 aliphatic heterocycles. The normalized spacial score (nSPS) is 16.2. The highest BCUT2D eigenvalue weighted by Crippen LogP contribution is 2.32. The minimum absolute atomic E-state index is 0.0358. The highest BCUT2D eigenvalue weighted by Gasteiger charge is 2.31. The van der Waals surface area contributed by atoms with Crippen molar-refractivity contribution >= 4 is 57.4 Å². The number of piperidine rings is 1. The second-order valence-corrected chi connectivity index (χ2v) is 10.3. The van der Waals surface area contributed by atoms with Crippen molar-refractivity contribution < 1.29 is 18.7 Å². The van der Waals surface area contributed by atoms with Gasteiger partial charge in [-0.2, -0.15) is 10.1 Å². The summed E-state index contributed by atoms with van der Waals surface area (Å²) in [5, 5.41) is 11.5. The van der Waals surface area contributed by atoms with Gasteiger partial charge in [0, 0.05) is 31.4 Å². The molecule has 2 amide bonds. The van der Waals surface area contributed by atoms with E-state index in [0.717, 1.165) is 18.4 Å². The molecule has 0 aliphatic carbocycles. The fraction of sp³-hybridized carbons (Fsp3) is 0.400. The van der Waals surface area contributed by atoms with Gasteiger partial charge in [0.15, 0.2) is 11.3 Å². The highest BCUT2D eigenvalue weighted by molar-refractivity contribution is 6.31. The molecule has 12 heteroatoms. The third kappa shape index (κ3) is 5.04. The lowest BCUT2D eigenvalue weighted by molar-refractivity contribution is 0.0169. The van der Waals surface area contributed by atoms with Crippen molar-refractivity contribution in [2.75, 3.05) is 30.8 Å². The van der Waals surface area contributed by atoms with Crippen molar-refractivity contribution in [3.63, 3.8) is 0 Å². The van der Waals surface area contributed by atoms with Crippen LogP contribution in [0.1, 0.15) is 50.1 Å². The molecular formula is C25H28ClN7O4. The van der Waals surface area contributed by atoms with Crippen LogP contribution in [0.25, 0.3) is 22.0 Å². The first kappa shape index (κ1) is 24.8. The van der Waals surface area contributed by atoms with Gasteiger partial charge in [0.25, 0.3) is 5.91 Å². The van der Waals surface area contributed by atoms with E-state index in [-0.39, 0.29) is 23.8 Å². The molecule has 1 fully saturated rings. The van der Waals surface area contributed by atoms with Crippen molar-refractivity contribution in [3.8, 4) is 0 Å². The van der Waals surface area contributed by atoms with E-state index in [0.29, 0.717) is 40.4 Å². The van der Waals surface area contributed by atoms with Crippen LogP contribution in [0, 0.1) is 0 Å². The number of hydrogen-bond donors (Lipinski definition) is 2. The van der Waals surface area contributed by atoms with Crippen LogP contribution in [0.5, 0.6) is 0 Å². The summed E-state index contributed by atoms with van der Waals surface area (Å²) in [6.07, 6.45) is 2.87. The van der Waals surface area contributed by atoms with Crippen LogP contribution in [0.3, 0.4) is 0 Å². The van der Waals surface area contributed by atoms with Crippen molar-refractivity contribution in [3.05, 3.63) is 41.2 Å². The molecule has 2 N–H and O–H groups in total. The van der Waals surface area contributed by atoms with Crippen LogP contribution >= 0.6 is 11.6 Å². The second kappa shape index (κ2) is 9.55. The van der Waals surface area contributed by atoms with E-state index in [2.05, 4.69) is 20.6 Å². The fourth-order valence-electron chi connectivity index (χ4n) is 4.47. The Hall–Kier alpha value is -3.86. The van der Waals surface area contributed by atoms with Crippen LogP contribution in [-0.4, -0.2) is 62.4 Å². The lowest BCUT2D eigenvalue weighted by Crippen LogP contribution is -2.43. The molecule has 4 aromatic rings. The number of aromatic nitrogens is 4. The number of oxazole rings is 1. The van der Waals surface area contributed by atoms with Crippen LogP contribution in [-0.2, 0) is 4.74 Å². The van der Waals surface area contributed by atoms with Crippen LogP contribution < -0.4 is 10.6 Å². The Bertz CT molecular complexity index is 1490. The predicted octanol–water partition coefficient (Wildman–Crippen LogP) is 5.09. The van der Waals surface area contributed by atoms with Gasteiger partial charge in [0.05, 0.1) is 16.9 Å². The molecule has 0 saturated carbocycles. The first-order chi connectivity index (χ1) is 17.6. The Labute approximate surface area is 218 Å². The zero-order valence-corrected chi connectivity index (χ0v) is 21.8. The SMILES string of the molecule is CNc1nccc2c1c(C(=O)Nc1nc3cc(Cl)ccc3o1)nn2[C@@H]1CCCN(C(=O)OC(C)(C)C)C1. The number of nitrogens with one attached hydrogen (secondary N) is 2. The maximum absolute atomic E-state index is 13.4. The van der Waals surface area contributed by atoms with Crippen molar-refractivity contribution in [2.45, 2.75) is 45.3 Å². The van der Waals surface area contributed by atoms with Gasteiger partial charge in [0.2, 0.25) is 0 Å². The van der Waals surface area contributed by atoms with Gasteiger partial charge in [-0.15, -0.1) is 0 Å². The van der Waals surface area contributed by atoms with Gasteiger partial charge >= 0.3 is 12.1 Å². The Morgan fingerprint density at radius 1 is 1.24 bits per heavy atom. The van der Waals surface area contributed by atoms with Gasteiger partial charge in [-0.05, 0) is 57.9 Å². The molecule has 5 rings (SSSR count). The number of rotatable bonds is 4. The van der Waals surface area contributed by atoms with Crippen LogP contribution in [0.4, 0.5) is 16.6 Å². The Morgan fingerprint density at radius 3 is 2.81 bits per heavy atom. The van der Waals surface area contributed by atoms with E-state index in [1.807, 2.05) is 26.8 Å². The lowest BCUT2D eigenvalue weighted by atomic mass is 10.1.